The third kappa shape index (κ3) is 2.47. The summed E-state index contributed by atoms with van der Waals surface area (Å²) in [5.41, 5.74) is 0. The molecule has 14 heavy (non-hydrogen) atoms. The number of piperazine rings is 1. The fourth-order valence-electron chi connectivity index (χ4n) is 2.04. The number of carbonyl (C=O) groups is 1. The van der Waals surface area contributed by atoms with E-state index in [0.29, 0.717) is 11.9 Å². The maximum Gasteiger partial charge on any atom is 0.225 e. The van der Waals surface area contributed by atoms with E-state index in [1.54, 1.807) is 0 Å². The molecule has 0 unspecified atom stereocenters. The summed E-state index contributed by atoms with van der Waals surface area (Å²) in [5, 5.41) is 3.30. The van der Waals surface area contributed by atoms with Crippen LogP contribution in [0.5, 0.6) is 0 Å². The van der Waals surface area contributed by atoms with Gasteiger partial charge in [-0.3, -0.25) is 4.79 Å². The Labute approximate surface area is 86.9 Å². The predicted molar refractivity (Wildman–Crippen MR) is 58.1 cm³/mol. The van der Waals surface area contributed by atoms with Crippen LogP contribution in [-0.4, -0.2) is 36.5 Å². The Morgan fingerprint density at radius 2 is 2.14 bits per heavy atom. The summed E-state index contributed by atoms with van der Waals surface area (Å²) < 4.78 is 0. The molecule has 1 saturated heterocycles. The highest BCUT2D eigenvalue weighted by Crippen LogP contribution is 2.14. The van der Waals surface area contributed by atoms with Crippen LogP contribution >= 0.6 is 0 Å². The average Bonchev–Trinajstić information content (AvgIpc) is 2.20. The van der Waals surface area contributed by atoms with E-state index in [4.69, 9.17) is 0 Å². The van der Waals surface area contributed by atoms with E-state index >= 15 is 0 Å². The zero-order valence-electron chi connectivity index (χ0n) is 9.55. The fraction of sp³-hybridized carbons (Fsp3) is 0.909. The van der Waals surface area contributed by atoms with E-state index in [1.165, 1.54) is 0 Å². The van der Waals surface area contributed by atoms with Crippen molar-refractivity contribution >= 4 is 5.91 Å². The van der Waals surface area contributed by atoms with Crippen LogP contribution in [0.3, 0.4) is 0 Å². The molecule has 1 rings (SSSR count). The van der Waals surface area contributed by atoms with Crippen LogP contribution < -0.4 is 5.32 Å². The molecule has 1 aliphatic heterocycles. The van der Waals surface area contributed by atoms with E-state index in [-0.39, 0.29) is 5.92 Å². The normalized spacial score (nSPS) is 22.9. The summed E-state index contributed by atoms with van der Waals surface area (Å²) in [7, 11) is 0. The van der Waals surface area contributed by atoms with Crippen molar-refractivity contribution in [3.8, 4) is 0 Å². The first-order valence-corrected chi connectivity index (χ1v) is 5.71. The van der Waals surface area contributed by atoms with Crippen molar-refractivity contribution in [2.24, 2.45) is 5.92 Å². The monoisotopic (exact) mass is 198 g/mol. The van der Waals surface area contributed by atoms with Gasteiger partial charge >= 0.3 is 0 Å². The lowest BCUT2D eigenvalue weighted by Crippen LogP contribution is -2.53. The zero-order valence-corrected chi connectivity index (χ0v) is 9.55. The molecule has 0 aliphatic carbocycles. The van der Waals surface area contributed by atoms with Crippen LogP contribution in [0.4, 0.5) is 0 Å². The molecule has 0 radical (unpaired) electrons. The highest BCUT2D eigenvalue weighted by molar-refractivity contribution is 5.79. The molecule has 1 amide bonds. The molecule has 0 aromatic heterocycles. The van der Waals surface area contributed by atoms with Gasteiger partial charge in [-0.1, -0.05) is 13.8 Å². The smallest absolute Gasteiger partial charge is 0.225 e. The Morgan fingerprint density at radius 3 is 2.64 bits per heavy atom. The average molecular weight is 198 g/mol. The van der Waals surface area contributed by atoms with Crippen molar-refractivity contribution in [3.63, 3.8) is 0 Å². The molecular weight excluding hydrogens is 176 g/mol. The quantitative estimate of drug-likeness (QED) is 0.740. The molecule has 0 saturated carbocycles. The first kappa shape index (κ1) is 11.5. The third-order valence-corrected chi connectivity index (χ3v) is 3.12. The van der Waals surface area contributed by atoms with Crippen LogP contribution in [-0.2, 0) is 4.79 Å². The van der Waals surface area contributed by atoms with E-state index in [9.17, 15) is 4.79 Å². The van der Waals surface area contributed by atoms with Crippen LogP contribution in [0.2, 0.25) is 0 Å². The third-order valence-electron chi connectivity index (χ3n) is 3.12. The van der Waals surface area contributed by atoms with Crippen LogP contribution in [0.25, 0.3) is 0 Å². The second kappa shape index (κ2) is 5.35. The Hall–Kier alpha value is -0.570. The highest BCUT2D eigenvalue weighted by atomic mass is 16.2. The molecule has 1 N–H and O–H groups in total. The summed E-state index contributed by atoms with van der Waals surface area (Å²) >= 11 is 0. The topological polar surface area (TPSA) is 32.3 Å². The van der Waals surface area contributed by atoms with Gasteiger partial charge in [0.15, 0.2) is 0 Å². The van der Waals surface area contributed by atoms with Crippen molar-refractivity contribution in [2.45, 2.75) is 39.7 Å². The number of amides is 1. The van der Waals surface area contributed by atoms with Crippen LogP contribution in [0.1, 0.15) is 33.6 Å². The van der Waals surface area contributed by atoms with E-state index in [0.717, 1.165) is 32.5 Å². The molecule has 1 heterocycles. The molecule has 1 atom stereocenters. The van der Waals surface area contributed by atoms with Gasteiger partial charge in [0.25, 0.3) is 0 Å². The molecular formula is C11H22N2O. The van der Waals surface area contributed by atoms with Crippen molar-refractivity contribution < 1.29 is 4.79 Å². The minimum atomic E-state index is 0.232. The van der Waals surface area contributed by atoms with Crippen molar-refractivity contribution in [3.05, 3.63) is 0 Å². The van der Waals surface area contributed by atoms with Crippen LogP contribution in [0.15, 0.2) is 0 Å². The Balaban J connectivity index is 2.57. The van der Waals surface area contributed by atoms with E-state index < -0.39 is 0 Å². The summed E-state index contributed by atoms with van der Waals surface area (Å²) in [5.74, 6) is 0.583. The highest BCUT2D eigenvalue weighted by Gasteiger charge is 2.26. The van der Waals surface area contributed by atoms with Crippen molar-refractivity contribution in [1.82, 2.24) is 10.2 Å². The fourth-order valence-corrected chi connectivity index (χ4v) is 2.04. The molecule has 3 nitrogen and oxygen atoms in total. The zero-order chi connectivity index (χ0) is 10.6. The number of nitrogens with one attached hydrogen (secondary N) is 1. The number of carbonyl (C=O) groups excluding carboxylic acids is 1. The van der Waals surface area contributed by atoms with Gasteiger partial charge < -0.3 is 10.2 Å². The predicted octanol–water partition coefficient (Wildman–Crippen LogP) is 1.24. The van der Waals surface area contributed by atoms with Crippen LogP contribution in [0, 0.1) is 5.92 Å². The molecule has 0 aromatic carbocycles. The molecule has 1 aliphatic rings. The number of rotatable bonds is 3. The standard InChI is InChI=1S/C11H22N2O/c1-4-10(5-2)11(14)13-7-6-12-8-9(13)3/h9-10,12H,4-8H2,1-3H3/t9-/m1/s1. The lowest BCUT2D eigenvalue weighted by atomic mass is 10.0. The molecule has 0 spiro atoms. The van der Waals surface area contributed by atoms with Gasteiger partial charge in [0.2, 0.25) is 5.91 Å². The first-order chi connectivity index (χ1) is 6.70. The maximum absolute atomic E-state index is 12.1. The van der Waals surface area contributed by atoms with E-state index in [1.807, 2.05) is 4.90 Å². The SMILES string of the molecule is CCC(CC)C(=O)N1CCNC[C@H]1C. The van der Waals surface area contributed by atoms with Gasteiger partial charge in [0.1, 0.15) is 0 Å². The maximum atomic E-state index is 12.1. The van der Waals surface area contributed by atoms with Crippen molar-refractivity contribution in [2.75, 3.05) is 19.6 Å². The van der Waals surface area contributed by atoms with Gasteiger partial charge in [0.05, 0.1) is 0 Å². The minimum absolute atomic E-state index is 0.232. The molecule has 0 aromatic rings. The molecule has 1 fully saturated rings. The van der Waals surface area contributed by atoms with Crippen molar-refractivity contribution in [1.29, 1.82) is 0 Å². The lowest BCUT2D eigenvalue weighted by molar-refractivity contribution is -0.138. The molecule has 0 bridgehead atoms. The lowest BCUT2D eigenvalue weighted by Gasteiger charge is -2.36. The second-order valence-electron chi connectivity index (χ2n) is 4.10. The second-order valence-corrected chi connectivity index (χ2v) is 4.10. The van der Waals surface area contributed by atoms with Gasteiger partial charge in [-0.05, 0) is 19.8 Å². The largest absolute Gasteiger partial charge is 0.337 e. The van der Waals surface area contributed by atoms with E-state index in [2.05, 4.69) is 26.1 Å². The van der Waals surface area contributed by atoms with Gasteiger partial charge in [-0.15, -0.1) is 0 Å². The Bertz CT molecular complexity index is 190. The molecule has 82 valence electrons. The number of hydrogen-bond acceptors (Lipinski definition) is 2. The number of hydrogen-bond donors (Lipinski definition) is 1. The van der Waals surface area contributed by atoms with Gasteiger partial charge in [-0.25, -0.2) is 0 Å². The molecule has 3 heteroatoms. The summed E-state index contributed by atoms with van der Waals surface area (Å²) in [6.45, 7) is 9.06. The summed E-state index contributed by atoms with van der Waals surface area (Å²) in [6, 6.07) is 0.358. The Morgan fingerprint density at radius 1 is 1.50 bits per heavy atom. The summed E-state index contributed by atoms with van der Waals surface area (Å²) in [4.78, 5) is 14.1. The number of nitrogens with zero attached hydrogens (tertiary/aromatic N) is 1. The minimum Gasteiger partial charge on any atom is -0.337 e. The van der Waals surface area contributed by atoms with Gasteiger partial charge in [0, 0.05) is 31.6 Å². The Kier molecular flexibility index (Phi) is 4.39. The van der Waals surface area contributed by atoms with Gasteiger partial charge in [-0.2, -0.15) is 0 Å². The first-order valence-electron chi connectivity index (χ1n) is 5.71. The summed E-state index contributed by atoms with van der Waals surface area (Å²) in [6.07, 6.45) is 1.93.